The Morgan fingerprint density at radius 1 is 1.20 bits per heavy atom. The lowest BCUT2D eigenvalue weighted by Crippen LogP contribution is -2.17. The van der Waals surface area contributed by atoms with Crippen LogP contribution in [0.4, 0.5) is 4.39 Å². The molecule has 128 valence electrons. The first-order chi connectivity index (χ1) is 12.2. The van der Waals surface area contributed by atoms with Crippen molar-refractivity contribution >= 4 is 27.5 Å². The van der Waals surface area contributed by atoms with E-state index in [-0.39, 0.29) is 11.7 Å². The van der Waals surface area contributed by atoms with Crippen LogP contribution in [-0.4, -0.2) is 23.7 Å². The molecule has 3 aromatic rings. The van der Waals surface area contributed by atoms with E-state index in [1.165, 1.54) is 23.5 Å². The van der Waals surface area contributed by atoms with Crippen LogP contribution in [0, 0.1) is 5.82 Å². The second-order valence-electron chi connectivity index (χ2n) is 5.52. The number of benzene rings is 2. The molecule has 7 heteroatoms. The second-order valence-corrected chi connectivity index (χ2v) is 6.53. The summed E-state index contributed by atoms with van der Waals surface area (Å²) in [5, 5.41) is 0. The Morgan fingerprint density at radius 2 is 2.00 bits per heavy atom. The van der Waals surface area contributed by atoms with Crippen molar-refractivity contribution < 1.29 is 18.7 Å². The van der Waals surface area contributed by atoms with Crippen LogP contribution < -0.4 is 14.3 Å². The highest BCUT2D eigenvalue weighted by Crippen LogP contribution is 2.31. The third-order valence-corrected chi connectivity index (χ3v) is 4.99. The molecule has 0 spiro atoms. The van der Waals surface area contributed by atoms with Gasteiger partial charge >= 0.3 is 0 Å². The minimum absolute atomic E-state index is 0.304. The number of amides is 1. The highest BCUT2D eigenvalue weighted by molar-refractivity contribution is 7.16. The van der Waals surface area contributed by atoms with Gasteiger partial charge in [-0.2, -0.15) is 4.99 Å². The molecule has 0 atom stereocenters. The summed E-state index contributed by atoms with van der Waals surface area (Å²) in [6.45, 7) is 3.56. The number of carbonyl (C=O) groups is 1. The summed E-state index contributed by atoms with van der Waals surface area (Å²) in [4.78, 5) is 17.4. The number of thiazole rings is 1. The Labute approximate surface area is 147 Å². The molecule has 1 aromatic heterocycles. The Balaban J connectivity index is 1.77. The van der Waals surface area contributed by atoms with Crippen LogP contribution in [0.5, 0.6) is 11.5 Å². The van der Waals surface area contributed by atoms with E-state index in [0.29, 0.717) is 41.6 Å². The lowest BCUT2D eigenvalue weighted by Gasteiger charge is -2.18. The summed E-state index contributed by atoms with van der Waals surface area (Å²) < 4.78 is 27.1. The van der Waals surface area contributed by atoms with Gasteiger partial charge in [0.25, 0.3) is 5.91 Å². The van der Waals surface area contributed by atoms with E-state index in [4.69, 9.17) is 9.47 Å². The number of ether oxygens (including phenoxy) is 2. The van der Waals surface area contributed by atoms with Crippen molar-refractivity contribution in [2.45, 2.75) is 13.5 Å². The maximum Gasteiger partial charge on any atom is 0.279 e. The van der Waals surface area contributed by atoms with Gasteiger partial charge < -0.3 is 14.0 Å². The predicted molar refractivity (Wildman–Crippen MR) is 92.8 cm³/mol. The minimum atomic E-state index is -0.369. The summed E-state index contributed by atoms with van der Waals surface area (Å²) in [5.41, 5.74) is 1.29. The maximum atomic E-state index is 13.4. The fourth-order valence-corrected chi connectivity index (χ4v) is 3.88. The molecule has 25 heavy (non-hydrogen) atoms. The fourth-order valence-electron chi connectivity index (χ4n) is 2.77. The van der Waals surface area contributed by atoms with Crippen LogP contribution in [0.1, 0.15) is 17.3 Å². The van der Waals surface area contributed by atoms with E-state index in [2.05, 4.69) is 4.99 Å². The van der Waals surface area contributed by atoms with Crippen molar-refractivity contribution in [3.63, 3.8) is 0 Å². The molecule has 2 heterocycles. The molecule has 0 unspecified atom stereocenters. The Hall–Kier alpha value is -2.67. The third-order valence-electron chi connectivity index (χ3n) is 3.95. The van der Waals surface area contributed by atoms with E-state index in [1.807, 2.05) is 11.5 Å². The molecule has 1 amide bonds. The molecule has 2 aromatic carbocycles. The van der Waals surface area contributed by atoms with E-state index in [9.17, 15) is 9.18 Å². The zero-order valence-electron chi connectivity index (χ0n) is 13.5. The number of hydrogen-bond donors (Lipinski definition) is 0. The van der Waals surface area contributed by atoms with Gasteiger partial charge in [0.05, 0.1) is 10.2 Å². The van der Waals surface area contributed by atoms with Gasteiger partial charge in [-0.3, -0.25) is 4.79 Å². The summed E-state index contributed by atoms with van der Waals surface area (Å²) in [6.07, 6.45) is 0. The first-order valence-corrected chi connectivity index (χ1v) is 8.75. The number of rotatable bonds is 2. The van der Waals surface area contributed by atoms with Crippen molar-refractivity contribution in [3.05, 3.63) is 52.6 Å². The summed E-state index contributed by atoms with van der Waals surface area (Å²) >= 11 is 1.29. The number of halogens is 1. The Morgan fingerprint density at radius 3 is 2.80 bits per heavy atom. The second kappa shape index (κ2) is 6.33. The summed E-state index contributed by atoms with van der Waals surface area (Å²) in [6, 6.07) is 9.60. The lowest BCUT2D eigenvalue weighted by atomic mass is 10.2. The number of fused-ring (bicyclic) bond motifs is 2. The summed E-state index contributed by atoms with van der Waals surface area (Å²) in [7, 11) is 0. The van der Waals surface area contributed by atoms with Crippen molar-refractivity contribution in [1.29, 1.82) is 0 Å². The highest BCUT2D eigenvalue weighted by atomic mass is 32.1. The van der Waals surface area contributed by atoms with Gasteiger partial charge in [0, 0.05) is 12.1 Å². The quantitative estimate of drug-likeness (QED) is 0.706. The largest absolute Gasteiger partial charge is 0.486 e. The van der Waals surface area contributed by atoms with Gasteiger partial charge in [0.15, 0.2) is 16.3 Å². The first kappa shape index (κ1) is 15.8. The average molecular weight is 358 g/mol. The fraction of sp³-hybridized carbons (Fsp3) is 0.222. The Bertz CT molecular complexity index is 1040. The van der Waals surface area contributed by atoms with Crippen LogP contribution in [0.2, 0.25) is 0 Å². The lowest BCUT2D eigenvalue weighted by molar-refractivity contribution is 0.0996. The molecule has 5 nitrogen and oxygen atoms in total. The molecular formula is C18H15FN2O3S. The zero-order chi connectivity index (χ0) is 17.4. The predicted octanol–water partition coefficient (Wildman–Crippen LogP) is 3.37. The standard InChI is InChI=1S/C18H15FN2O3S/c1-2-21-13-5-4-12(19)10-16(13)25-18(21)20-17(22)11-3-6-14-15(9-11)24-8-7-23-14/h3-6,9-10H,2,7-8H2,1H3. The topological polar surface area (TPSA) is 52.8 Å². The first-order valence-electron chi connectivity index (χ1n) is 7.93. The third kappa shape index (κ3) is 2.91. The van der Waals surface area contributed by atoms with Crippen LogP contribution in [-0.2, 0) is 6.54 Å². The molecule has 0 saturated heterocycles. The van der Waals surface area contributed by atoms with Gasteiger partial charge in [-0.1, -0.05) is 11.3 Å². The molecule has 0 N–H and O–H groups in total. The number of aromatic nitrogens is 1. The van der Waals surface area contributed by atoms with E-state index >= 15 is 0 Å². The van der Waals surface area contributed by atoms with Crippen LogP contribution in [0.25, 0.3) is 10.2 Å². The molecular weight excluding hydrogens is 343 g/mol. The molecule has 0 saturated carbocycles. The van der Waals surface area contributed by atoms with E-state index in [1.54, 1.807) is 24.3 Å². The summed E-state index contributed by atoms with van der Waals surface area (Å²) in [5.74, 6) is 0.505. The number of carbonyl (C=O) groups excluding carboxylic acids is 1. The van der Waals surface area contributed by atoms with Crippen LogP contribution in [0.15, 0.2) is 41.4 Å². The van der Waals surface area contributed by atoms with Gasteiger partial charge in [-0.15, -0.1) is 0 Å². The molecule has 0 aliphatic carbocycles. The van der Waals surface area contributed by atoms with Crippen molar-refractivity contribution in [2.75, 3.05) is 13.2 Å². The van der Waals surface area contributed by atoms with Gasteiger partial charge in [0.1, 0.15) is 19.0 Å². The molecule has 0 bridgehead atoms. The number of aryl methyl sites for hydroxylation is 1. The molecule has 0 radical (unpaired) electrons. The van der Waals surface area contributed by atoms with Crippen LogP contribution in [0.3, 0.4) is 0 Å². The normalized spacial score (nSPS) is 14.1. The van der Waals surface area contributed by atoms with Gasteiger partial charge in [-0.25, -0.2) is 4.39 Å². The highest BCUT2D eigenvalue weighted by Gasteiger charge is 2.15. The van der Waals surface area contributed by atoms with Crippen LogP contribution >= 0.6 is 11.3 Å². The molecule has 0 fully saturated rings. The van der Waals surface area contributed by atoms with E-state index < -0.39 is 0 Å². The van der Waals surface area contributed by atoms with Crippen molar-refractivity contribution in [2.24, 2.45) is 4.99 Å². The van der Waals surface area contributed by atoms with Gasteiger partial charge in [0.2, 0.25) is 0 Å². The van der Waals surface area contributed by atoms with Crippen molar-refractivity contribution in [3.8, 4) is 11.5 Å². The van der Waals surface area contributed by atoms with Crippen molar-refractivity contribution in [1.82, 2.24) is 4.57 Å². The van der Waals surface area contributed by atoms with Gasteiger partial charge in [-0.05, 0) is 43.3 Å². The Kier molecular flexibility index (Phi) is 4.01. The molecule has 1 aliphatic rings. The molecule has 1 aliphatic heterocycles. The maximum absolute atomic E-state index is 13.4. The SMILES string of the molecule is CCn1c(=NC(=O)c2ccc3c(c2)OCCO3)sc2cc(F)ccc21. The number of hydrogen-bond acceptors (Lipinski definition) is 4. The minimum Gasteiger partial charge on any atom is -0.486 e. The zero-order valence-corrected chi connectivity index (χ0v) is 14.3. The monoisotopic (exact) mass is 358 g/mol. The average Bonchev–Trinajstić information content (AvgIpc) is 2.97. The molecule has 4 rings (SSSR count). The smallest absolute Gasteiger partial charge is 0.279 e. The van der Waals surface area contributed by atoms with E-state index in [0.717, 1.165) is 10.2 Å². The number of nitrogens with zero attached hydrogens (tertiary/aromatic N) is 2.